The third-order valence-electron chi connectivity index (χ3n) is 1.77. The van der Waals surface area contributed by atoms with Crippen LogP contribution in [0.1, 0.15) is 0 Å². The van der Waals surface area contributed by atoms with Gasteiger partial charge in [-0.25, -0.2) is 0 Å². The van der Waals surface area contributed by atoms with Crippen molar-refractivity contribution in [2.24, 2.45) is 0 Å². The Morgan fingerprint density at radius 2 is 1.87 bits per heavy atom. The van der Waals surface area contributed by atoms with E-state index in [0.717, 1.165) is 0 Å². The Morgan fingerprint density at radius 1 is 1.20 bits per heavy atom. The highest BCUT2D eigenvalue weighted by atomic mass is 35.5. The SMILES string of the molecule is OCC(O)CNc1ccc(Cl)c(Cl)c1Cl. The zero-order valence-electron chi connectivity index (χ0n) is 7.67. The van der Waals surface area contributed by atoms with E-state index in [1.807, 2.05) is 0 Å². The fourth-order valence-electron chi connectivity index (χ4n) is 0.955. The predicted molar refractivity (Wildman–Crippen MR) is 63.1 cm³/mol. The van der Waals surface area contributed by atoms with Gasteiger partial charge in [0.15, 0.2) is 0 Å². The molecule has 0 aliphatic carbocycles. The van der Waals surface area contributed by atoms with Crippen LogP contribution in [-0.2, 0) is 0 Å². The summed E-state index contributed by atoms with van der Waals surface area (Å²) in [6.07, 6.45) is -0.837. The molecule has 0 aliphatic heterocycles. The van der Waals surface area contributed by atoms with Crippen molar-refractivity contribution in [2.75, 3.05) is 18.5 Å². The number of aliphatic hydroxyl groups excluding tert-OH is 2. The summed E-state index contributed by atoms with van der Waals surface area (Å²) in [4.78, 5) is 0. The molecule has 0 radical (unpaired) electrons. The minimum atomic E-state index is -0.837. The highest BCUT2D eigenvalue weighted by Crippen LogP contribution is 2.35. The van der Waals surface area contributed by atoms with Gasteiger partial charge in [-0.3, -0.25) is 0 Å². The summed E-state index contributed by atoms with van der Waals surface area (Å²) in [5.41, 5.74) is 0.568. The number of halogens is 3. The summed E-state index contributed by atoms with van der Waals surface area (Å²) >= 11 is 17.5. The van der Waals surface area contributed by atoms with Gasteiger partial charge in [-0.1, -0.05) is 34.8 Å². The molecule has 0 saturated carbocycles. The van der Waals surface area contributed by atoms with Crippen LogP contribution in [0.3, 0.4) is 0 Å². The Hall–Kier alpha value is -0.190. The zero-order valence-corrected chi connectivity index (χ0v) is 9.94. The minimum Gasteiger partial charge on any atom is -0.394 e. The van der Waals surface area contributed by atoms with E-state index in [2.05, 4.69) is 5.32 Å². The number of rotatable bonds is 4. The molecule has 1 aromatic rings. The third-order valence-corrected chi connectivity index (χ3v) is 3.07. The first-order chi connectivity index (χ1) is 7.06. The van der Waals surface area contributed by atoms with Crippen LogP contribution in [0, 0.1) is 0 Å². The standard InChI is InChI=1S/C9H10Cl3NO2/c10-6-1-2-7(9(12)8(6)11)13-3-5(15)4-14/h1-2,5,13-15H,3-4H2. The molecule has 0 bridgehead atoms. The molecule has 0 heterocycles. The molecule has 15 heavy (non-hydrogen) atoms. The summed E-state index contributed by atoms with van der Waals surface area (Å²) in [6.45, 7) is -0.125. The lowest BCUT2D eigenvalue weighted by molar-refractivity contribution is 0.105. The van der Waals surface area contributed by atoms with Crippen LogP contribution in [0.25, 0.3) is 0 Å². The molecule has 0 aliphatic rings. The Kier molecular flexibility index (Phi) is 4.96. The lowest BCUT2D eigenvalue weighted by Crippen LogP contribution is -2.23. The number of hydrogen-bond acceptors (Lipinski definition) is 3. The molecule has 1 aromatic carbocycles. The van der Waals surface area contributed by atoms with Gasteiger partial charge < -0.3 is 15.5 Å². The van der Waals surface area contributed by atoms with Crippen LogP contribution in [0.5, 0.6) is 0 Å². The van der Waals surface area contributed by atoms with Gasteiger partial charge in [-0.05, 0) is 12.1 Å². The van der Waals surface area contributed by atoms with E-state index in [1.165, 1.54) is 0 Å². The van der Waals surface area contributed by atoms with Crippen LogP contribution >= 0.6 is 34.8 Å². The summed E-state index contributed by atoms with van der Waals surface area (Å²) in [7, 11) is 0. The molecule has 6 heteroatoms. The second-order valence-corrected chi connectivity index (χ2v) is 4.10. The molecular weight excluding hydrogens is 260 g/mol. The quantitative estimate of drug-likeness (QED) is 0.737. The van der Waals surface area contributed by atoms with Crippen LogP contribution in [0.2, 0.25) is 15.1 Å². The average molecular weight is 271 g/mol. The van der Waals surface area contributed by atoms with E-state index in [9.17, 15) is 0 Å². The van der Waals surface area contributed by atoms with Gasteiger partial charge in [0.25, 0.3) is 0 Å². The van der Waals surface area contributed by atoms with Gasteiger partial charge in [0.1, 0.15) is 0 Å². The molecule has 0 amide bonds. The van der Waals surface area contributed by atoms with Gasteiger partial charge in [-0.15, -0.1) is 0 Å². The van der Waals surface area contributed by atoms with E-state index in [1.54, 1.807) is 12.1 Å². The third kappa shape index (κ3) is 3.40. The number of hydrogen-bond donors (Lipinski definition) is 3. The maximum Gasteiger partial charge on any atom is 0.0942 e. The largest absolute Gasteiger partial charge is 0.394 e. The van der Waals surface area contributed by atoms with Gasteiger partial charge in [0, 0.05) is 6.54 Å². The molecule has 0 spiro atoms. The molecule has 3 N–H and O–H groups in total. The minimum absolute atomic E-state index is 0.189. The Labute approximate surface area is 103 Å². The molecule has 3 nitrogen and oxygen atoms in total. The van der Waals surface area contributed by atoms with Crippen LogP contribution in [0.4, 0.5) is 5.69 Å². The van der Waals surface area contributed by atoms with Crippen molar-refractivity contribution in [3.63, 3.8) is 0 Å². The maximum atomic E-state index is 9.12. The fourth-order valence-corrected chi connectivity index (χ4v) is 1.56. The van der Waals surface area contributed by atoms with Crippen molar-refractivity contribution in [3.8, 4) is 0 Å². The van der Waals surface area contributed by atoms with Crippen molar-refractivity contribution < 1.29 is 10.2 Å². The predicted octanol–water partition coefficient (Wildman–Crippen LogP) is 2.41. The topological polar surface area (TPSA) is 52.5 Å². The van der Waals surface area contributed by atoms with Gasteiger partial charge >= 0.3 is 0 Å². The molecule has 1 rings (SSSR count). The molecule has 1 unspecified atom stereocenters. The maximum absolute atomic E-state index is 9.12. The first kappa shape index (κ1) is 12.9. The van der Waals surface area contributed by atoms with Gasteiger partial charge in [0.2, 0.25) is 0 Å². The molecule has 1 atom stereocenters. The summed E-state index contributed by atoms with van der Waals surface area (Å²) < 4.78 is 0. The number of nitrogens with one attached hydrogen (secondary N) is 1. The van der Waals surface area contributed by atoms with E-state index in [4.69, 9.17) is 45.0 Å². The van der Waals surface area contributed by atoms with E-state index >= 15 is 0 Å². The van der Waals surface area contributed by atoms with E-state index in [-0.39, 0.29) is 18.2 Å². The summed E-state index contributed by atoms with van der Waals surface area (Å²) in [6, 6.07) is 3.25. The lowest BCUT2D eigenvalue weighted by atomic mass is 10.3. The van der Waals surface area contributed by atoms with Crippen LogP contribution < -0.4 is 5.32 Å². The van der Waals surface area contributed by atoms with E-state index in [0.29, 0.717) is 15.7 Å². The summed E-state index contributed by atoms with van der Waals surface area (Å²) in [5, 5.41) is 21.5. The zero-order chi connectivity index (χ0) is 11.4. The molecule has 0 aromatic heterocycles. The molecule has 0 fully saturated rings. The molecule has 0 saturated heterocycles. The fraction of sp³-hybridized carbons (Fsp3) is 0.333. The van der Waals surface area contributed by atoms with Gasteiger partial charge in [0.05, 0.1) is 33.5 Å². The number of aliphatic hydroxyl groups is 2. The Balaban J connectivity index is 2.74. The normalized spacial score (nSPS) is 12.6. The average Bonchev–Trinajstić information content (AvgIpc) is 2.24. The van der Waals surface area contributed by atoms with Gasteiger partial charge in [-0.2, -0.15) is 0 Å². The van der Waals surface area contributed by atoms with Crippen molar-refractivity contribution in [2.45, 2.75) is 6.10 Å². The number of anilines is 1. The first-order valence-electron chi connectivity index (χ1n) is 4.22. The second-order valence-electron chi connectivity index (χ2n) is 2.94. The Morgan fingerprint density at radius 3 is 2.47 bits per heavy atom. The van der Waals surface area contributed by atoms with Crippen molar-refractivity contribution >= 4 is 40.5 Å². The lowest BCUT2D eigenvalue weighted by Gasteiger charge is -2.12. The smallest absolute Gasteiger partial charge is 0.0942 e. The van der Waals surface area contributed by atoms with Crippen LogP contribution in [0.15, 0.2) is 12.1 Å². The molecular formula is C9H10Cl3NO2. The second kappa shape index (κ2) is 5.77. The summed E-state index contributed by atoms with van der Waals surface area (Å²) in [5.74, 6) is 0. The first-order valence-corrected chi connectivity index (χ1v) is 5.36. The molecule has 84 valence electrons. The van der Waals surface area contributed by atoms with Crippen LogP contribution in [-0.4, -0.2) is 29.5 Å². The van der Waals surface area contributed by atoms with Crippen molar-refractivity contribution in [3.05, 3.63) is 27.2 Å². The Bertz CT molecular complexity index is 346. The van der Waals surface area contributed by atoms with Crippen molar-refractivity contribution in [1.29, 1.82) is 0 Å². The van der Waals surface area contributed by atoms with Crippen molar-refractivity contribution in [1.82, 2.24) is 0 Å². The highest BCUT2D eigenvalue weighted by Gasteiger charge is 2.09. The van der Waals surface area contributed by atoms with E-state index < -0.39 is 6.10 Å². The highest BCUT2D eigenvalue weighted by molar-refractivity contribution is 6.49. The number of benzene rings is 1. The monoisotopic (exact) mass is 269 g/mol.